The molecule has 1 unspecified atom stereocenters. The van der Waals surface area contributed by atoms with Crippen LogP contribution in [0, 0.1) is 0 Å². The Labute approximate surface area is 111 Å². The molecule has 0 radical (unpaired) electrons. The van der Waals surface area contributed by atoms with E-state index < -0.39 is 6.10 Å². The van der Waals surface area contributed by atoms with Crippen molar-refractivity contribution < 1.29 is 14.9 Å². The van der Waals surface area contributed by atoms with Gasteiger partial charge in [-0.05, 0) is 36.4 Å². The van der Waals surface area contributed by atoms with Crippen LogP contribution < -0.4 is 4.74 Å². The number of benzene rings is 1. The van der Waals surface area contributed by atoms with Crippen molar-refractivity contribution in [2.75, 3.05) is 24.7 Å². The highest BCUT2D eigenvalue weighted by atomic mass is 35.5. The van der Waals surface area contributed by atoms with Crippen molar-refractivity contribution in [3.8, 4) is 5.75 Å². The van der Waals surface area contributed by atoms with E-state index in [1.807, 2.05) is 12.1 Å². The molecule has 0 aliphatic rings. The van der Waals surface area contributed by atoms with Crippen LogP contribution in [-0.2, 0) is 0 Å². The number of rotatable bonds is 8. The third-order valence-corrected chi connectivity index (χ3v) is 3.49. The normalized spacial score (nSPS) is 12.4. The Hall–Kier alpha value is -0.420. The number of hydrogen-bond donors (Lipinski definition) is 2. The number of aliphatic hydroxyl groups is 2. The molecule has 3 nitrogen and oxygen atoms in total. The first-order valence-electron chi connectivity index (χ1n) is 5.47. The maximum atomic E-state index is 9.10. The quantitative estimate of drug-likeness (QED) is 0.715. The molecule has 0 aliphatic heterocycles. The Morgan fingerprint density at radius 2 is 2.00 bits per heavy atom. The average Bonchev–Trinajstić information content (AvgIpc) is 2.35. The van der Waals surface area contributed by atoms with E-state index in [4.69, 9.17) is 26.6 Å². The molecule has 2 N–H and O–H groups in total. The smallest absolute Gasteiger partial charge is 0.119 e. The molecule has 0 bridgehead atoms. The lowest BCUT2D eigenvalue weighted by Crippen LogP contribution is -2.15. The standard InChI is InChI=1S/C12H17ClO3S/c13-10-2-4-12(5-3-10)16-6-1-7-17-9-11(15)8-14/h2-5,11,14-15H,1,6-9H2. The van der Waals surface area contributed by atoms with E-state index in [2.05, 4.69) is 0 Å². The summed E-state index contributed by atoms with van der Waals surface area (Å²) < 4.78 is 5.51. The van der Waals surface area contributed by atoms with Crippen LogP contribution in [0.25, 0.3) is 0 Å². The van der Waals surface area contributed by atoms with Crippen LogP contribution in [0.3, 0.4) is 0 Å². The van der Waals surface area contributed by atoms with Gasteiger partial charge in [0, 0.05) is 10.8 Å². The molecule has 5 heteroatoms. The van der Waals surface area contributed by atoms with Crippen molar-refractivity contribution >= 4 is 23.4 Å². The minimum Gasteiger partial charge on any atom is -0.494 e. The third kappa shape index (κ3) is 6.78. The van der Waals surface area contributed by atoms with Gasteiger partial charge in [-0.25, -0.2) is 0 Å². The van der Waals surface area contributed by atoms with E-state index in [1.54, 1.807) is 23.9 Å². The van der Waals surface area contributed by atoms with E-state index >= 15 is 0 Å². The average molecular weight is 277 g/mol. The minimum absolute atomic E-state index is 0.172. The molecule has 17 heavy (non-hydrogen) atoms. The molecule has 0 heterocycles. The summed E-state index contributed by atoms with van der Waals surface area (Å²) in [5, 5.41) is 18.4. The molecule has 1 atom stereocenters. The van der Waals surface area contributed by atoms with Crippen LogP contribution in [0.2, 0.25) is 5.02 Å². The second kappa shape index (κ2) is 8.64. The van der Waals surface area contributed by atoms with Crippen LogP contribution in [0.5, 0.6) is 5.75 Å². The molecule has 0 saturated heterocycles. The van der Waals surface area contributed by atoms with Gasteiger partial charge in [-0.15, -0.1) is 0 Å². The first-order chi connectivity index (χ1) is 8.22. The van der Waals surface area contributed by atoms with Gasteiger partial charge >= 0.3 is 0 Å². The summed E-state index contributed by atoms with van der Waals surface area (Å²) in [5.41, 5.74) is 0. The maximum Gasteiger partial charge on any atom is 0.119 e. The third-order valence-electron chi connectivity index (χ3n) is 2.04. The number of halogens is 1. The summed E-state index contributed by atoms with van der Waals surface area (Å²) in [6.45, 7) is 0.470. The number of thioether (sulfide) groups is 1. The summed E-state index contributed by atoms with van der Waals surface area (Å²) in [6.07, 6.45) is 0.294. The second-order valence-corrected chi connectivity index (χ2v) is 5.15. The Kier molecular flexibility index (Phi) is 7.44. The second-order valence-electron chi connectivity index (χ2n) is 3.57. The summed E-state index contributed by atoms with van der Waals surface area (Å²) in [5.74, 6) is 2.29. The van der Waals surface area contributed by atoms with Crippen molar-refractivity contribution in [3.63, 3.8) is 0 Å². The topological polar surface area (TPSA) is 49.7 Å². The van der Waals surface area contributed by atoms with Gasteiger partial charge in [-0.2, -0.15) is 11.8 Å². The Balaban J connectivity index is 2.02. The Bertz CT molecular complexity index is 305. The fourth-order valence-electron chi connectivity index (χ4n) is 1.15. The summed E-state index contributed by atoms with van der Waals surface area (Å²) in [7, 11) is 0. The molecular weight excluding hydrogens is 260 g/mol. The minimum atomic E-state index is -0.614. The van der Waals surface area contributed by atoms with Crippen molar-refractivity contribution in [1.82, 2.24) is 0 Å². The molecule has 0 saturated carbocycles. The van der Waals surface area contributed by atoms with Gasteiger partial charge in [-0.1, -0.05) is 11.6 Å². The molecule has 0 amide bonds. The zero-order chi connectivity index (χ0) is 12.5. The first-order valence-corrected chi connectivity index (χ1v) is 7.00. The molecule has 1 aromatic rings. The fourth-order valence-corrected chi connectivity index (χ4v) is 2.15. The van der Waals surface area contributed by atoms with E-state index in [9.17, 15) is 0 Å². The van der Waals surface area contributed by atoms with Crippen molar-refractivity contribution in [1.29, 1.82) is 0 Å². The van der Waals surface area contributed by atoms with Crippen LogP contribution >= 0.6 is 23.4 Å². The monoisotopic (exact) mass is 276 g/mol. The van der Waals surface area contributed by atoms with Gasteiger partial charge in [0.2, 0.25) is 0 Å². The highest BCUT2D eigenvalue weighted by molar-refractivity contribution is 7.99. The summed E-state index contributed by atoms with van der Waals surface area (Å²) in [6, 6.07) is 7.27. The number of aliphatic hydroxyl groups excluding tert-OH is 2. The number of ether oxygens (including phenoxy) is 1. The van der Waals surface area contributed by atoms with E-state index in [0.29, 0.717) is 17.4 Å². The molecule has 0 aliphatic carbocycles. The largest absolute Gasteiger partial charge is 0.494 e. The van der Waals surface area contributed by atoms with Crippen molar-refractivity contribution in [2.45, 2.75) is 12.5 Å². The van der Waals surface area contributed by atoms with Gasteiger partial charge in [0.15, 0.2) is 0 Å². The van der Waals surface area contributed by atoms with E-state index in [-0.39, 0.29) is 6.61 Å². The lowest BCUT2D eigenvalue weighted by Gasteiger charge is -2.07. The highest BCUT2D eigenvalue weighted by Crippen LogP contribution is 2.15. The van der Waals surface area contributed by atoms with Gasteiger partial charge in [-0.3, -0.25) is 0 Å². The van der Waals surface area contributed by atoms with Crippen LogP contribution in [0.4, 0.5) is 0 Å². The molecule has 0 fully saturated rings. The van der Waals surface area contributed by atoms with E-state index in [0.717, 1.165) is 17.9 Å². The van der Waals surface area contributed by atoms with Gasteiger partial charge in [0.25, 0.3) is 0 Å². The maximum absolute atomic E-state index is 9.10. The molecule has 0 spiro atoms. The summed E-state index contributed by atoms with van der Waals surface area (Å²) >= 11 is 7.37. The zero-order valence-electron chi connectivity index (χ0n) is 9.51. The molecule has 1 rings (SSSR count). The van der Waals surface area contributed by atoms with Crippen molar-refractivity contribution in [3.05, 3.63) is 29.3 Å². The highest BCUT2D eigenvalue weighted by Gasteiger charge is 2.01. The predicted octanol–water partition coefficient (Wildman–Crippen LogP) is 2.20. The number of hydrogen-bond acceptors (Lipinski definition) is 4. The summed E-state index contributed by atoms with van der Waals surface area (Å²) in [4.78, 5) is 0. The lowest BCUT2D eigenvalue weighted by molar-refractivity contribution is 0.113. The first kappa shape index (κ1) is 14.6. The Morgan fingerprint density at radius 3 is 2.65 bits per heavy atom. The van der Waals surface area contributed by atoms with Gasteiger partial charge < -0.3 is 14.9 Å². The Morgan fingerprint density at radius 1 is 1.29 bits per heavy atom. The van der Waals surface area contributed by atoms with Crippen molar-refractivity contribution in [2.24, 2.45) is 0 Å². The fraction of sp³-hybridized carbons (Fsp3) is 0.500. The molecule has 96 valence electrons. The van der Waals surface area contributed by atoms with E-state index in [1.165, 1.54) is 0 Å². The van der Waals surface area contributed by atoms with Crippen LogP contribution in [0.1, 0.15) is 6.42 Å². The van der Waals surface area contributed by atoms with Crippen LogP contribution in [-0.4, -0.2) is 41.0 Å². The molecule has 0 aromatic heterocycles. The predicted molar refractivity (Wildman–Crippen MR) is 72.0 cm³/mol. The lowest BCUT2D eigenvalue weighted by atomic mass is 10.3. The van der Waals surface area contributed by atoms with Gasteiger partial charge in [0.05, 0.1) is 19.3 Å². The SMILES string of the molecule is OCC(O)CSCCCOc1ccc(Cl)cc1. The van der Waals surface area contributed by atoms with Gasteiger partial charge in [0.1, 0.15) is 5.75 Å². The van der Waals surface area contributed by atoms with Crippen LogP contribution in [0.15, 0.2) is 24.3 Å². The zero-order valence-corrected chi connectivity index (χ0v) is 11.1. The molecular formula is C12H17ClO3S. The molecule has 1 aromatic carbocycles.